The van der Waals surface area contributed by atoms with Crippen LogP contribution in [0.1, 0.15) is 206 Å². The number of nitrogens with zero attached hydrogens (tertiary/aromatic N) is 1. The second kappa shape index (κ2) is 39.2. The lowest BCUT2D eigenvalue weighted by Crippen LogP contribution is -2.45. The van der Waals surface area contributed by atoms with Crippen LogP contribution in [0, 0.1) is 0 Å². The number of allylic oxidation sites excluding steroid dienone is 5. The number of amides is 1. The fourth-order valence-corrected chi connectivity index (χ4v) is 7.32. The molecule has 2 N–H and O–H groups in total. The van der Waals surface area contributed by atoms with Gasteiger partial charge in [-0.05, 0) is 44.9 Å². The lowest BCUT2D eigenvalue weighted by atomic mass is 10.0. The molecule has 0 aromatic rings. The van der Waals surface area contributed by atoms with E-state index < -0.39 is 26.6 Å². The number of nitrogens with one attached hydrogen (secondary N) is 1. The molecule has 3 atom stereocenters. The summed E-state index contributed by atoms with van der Waals surface area (Å²) in [6.45, 7) is 4.43. The van der Waals surface area contributed by atoms with Gasteiger partial charge in [0.25, 0.3) is 7.82 Å². The highest BCUT2D eigenvalue weighted by Gasteiger charge is 2.23. The smallest absolute Gasteiger partial charge is 0.268 e. The molecule has 0 saturated carbocycles. The molecule has 3 unspecified atom stereocenters. The van der Waals surface area contributed by atoms with Crippen LogP contribution in [0.25, 0.3) is 0 Å². The Morgan fingerprint density at radius 3 is 1.45 bits per heavy atom. The minimum absolute atomic E-state index is 0.00966. The molecule has 9 heteroatoms. The summed E-state index contributed by atoms with van der Waals surface area (Å²) >= 11 is 0. The molecular formula is C47H91N2O6P. The summed E-state index contributed by atoms with van der Waals surface area (Å²) < 4.78 is 22.9. The van der Waals surface area contributed by atoms with Crippen molar-refractivity contribution in [2.45, 2.75) is 219 Å². The van der Waals surface area contributed by atoms with E-state index in [2.05, 4.69) is 43.5 Å². The first-order valence-electron chi connectivity index (χ1n) is 23.4. The number of likely N-dealkylation sites (N-methyl/N-ethyl adjacent to an activating group) is 1. The molecule has 0 radical (unpaired) electrons. The highest BCUT2D eigenvalue weighted by Crippen LogP contribution is 2.38. The van der Waals surface area contributed by atoms with Gasteiger partial charge in [0.2, 0.25) is 5.91 Å². The molecule has 0 aliphatic heterocycles. The van der Waals surface area contributed by atoms with Gasteiger partial charge in [0.1, 0.15) is 13.2 Å². The van der Waals surface area contributed by atoms with Crippen molar-refractivity contribution < 1.29 is 32.9 Å². The van der Waals surface area contributed by atoms with E-state index in [-0.39, 0.29) is 12.5 Å². The van der Waals surface area contributed by atoms with Crippen LogP contribution >= 0.6 is 7.82 Å². The Labute approximate surface area is 347 Å². The average Bonchev–Trinajstić information content (AvgIpc) is 3.15. The van der Waals surface area contributed by atoms with E-state index in [1.165, 1.54) is 141 Å². The summed E-state index contributed by atoms with van der Waals surface area (Å²) in [5.41, 5.74) is 0. The highest BCUT2D eigenvalue weighted by molar-refractivity contribution is 7.45. The largest absolute Gasteiger partial charge is 0.756 e. The molecule has 0 rings (SSSR count). The van der Waals surface area contributed by atoms with Crippen molar-refractivity contribution >= 4 is 13.7 Å². The van der Waals surface area contributed by atoms with Crippen LogP contribution in [0.15, 0.2) is 36.5 Å². The van der Waals surface area contributed by atoms with Gasteiger partial charge < -0.3 is 28.8 Å². The van der Waals surface area contributed by atoms with Crippen molar-refractivity contribution in [1.82, 2.24) is 5.32 Å². The van der Waals surface area contributed by atoms with Crippen molar-refractivity contribution in [3.63, 3.8) is 0 Å². The van der Waals surface area contributed by atoms with E-state index in [1.807, 2.05) is 27.2 Å². The first-order valence-corrected chi connectivity index (χ1v) is 24.8. The van der Waals surface area contributed by atoms with Gasteiger partial charge in [-0.2, -0.15) is 0 Å². The molecule has 330 valence electrons. The molecule has 0 aromatic carbocycles. The SMILES string of the molecule is CCCCCCCCCCCCCCCCCCCCCCC/C=C/CC/C=C/CC/C=C/C(O)C(COP(=O)([O-])OCC[N+](C)(C)C)NC(=O)CCCCC. The van der Waals surface area contributed by atoms with Crippen molar-refractivity contribution in [3.8, 4) is 0 Å². The van der Waals surface area contributed by atoms with Crippen molar-refractivity contribution in [2.75, 3.05) is 40.9 Å². The number of phosphoric ester groups is 1. The Morgan fingerprint density at radius 1 is 0.607 bits per heavy atom. The van der Waals surface area contributed by atoms with Crippen LogP contribution in [0.3, 0.4) is 0 Å². The maximum Gasteiger partial charge on any atom is 0.268 e. The highest BCUT2D eigenvalue weighted by atomic mass is 31.2. The number of rotatable bonds is 42. The topological polar surface area (TPSA) is 108 Å². The second-order valence-electron chi connectivity index (χ2n) is 17.1. The van der Waals surface area contributed by atoms with Gasteiger partial charge >= 0.3 is 0 Å². The Kier molecular flexibility index (Phi) is 38.3. The summed E-state index contributed by atoms with van der Waals surface area (Å²) in [6, 6.07) is -0.902. The van der Waals surface area contributed by atoms with Gasteiger partial charge in [0, 0.05) is 6.42 Å². The zero-order valence-electron chi connectivity index (χ0n) is 37.3. The number of carbonyl (C=O) groups is 1. The van der Waals surface area contributed by atoms with Crippen LogP contribution in [0.5, 0.6) is 0 Å². The fourth-order valence-electron chi connectivity index (χ4n) is 6.60. The third kappa shape index (κ3) is 40.9. The van der Waals surface area contributed by atoms with Crippen LogP contribution in [0.2, 0.25) is 0 Å². The van der Waals surface area contributed by atoms with E-state index in [1.54, 1.807) is 6.08 Å². The summed E-state index contributed by atoms with van der Waals surface area (Å²) in [5, 5.41) is 13.5. The van der Waals surface area contributed by atoms with E-state index in [4.69, 9.17) is 9.05 Å². The van der Waals surface area contributed by atoms with Crippen molar-refractivity contribution in [1.29, 1.82) is 0 Å². The van der Waals surface area contributed by atoms with E-state index in [9.17, 15) is 19.4 Å². The molecule has 0 aromatic heterocycles. The molecule has 1 amide bonds. The summed E-state index contributed by atoms with van der Waals surface area (Å²) in [6.07, 6.45) is 48.9. The molecule has 56 heavy (non-hydrogen) atoms. The zero-order chi connectivity index (χ0) is 41.4. The normalized spacial score (nSPS) is 14.6. The number of hydrogen-bond donors (Lipinski definition) is 2. The Hall–Kier alpha value is -1.28. The number of quaternary nitrogens is 1. The van der Waals surface area contributed by atoms with Crippen molar-refractivity contribution in [3.05, 3.63) is 36.5 Å². The predicted molar refractivity (Wildman–Crippen MR) is 238 cm³/mol. The number of unbranched alkanes of at least 4 members (excludes halogenated alkanes) is 25. The molecule has 0 heterocycles. The summed E-state index contributed by atoms with van der Waals surface area (Å²) in [7, 11) is 1.23. The molecule has 8 nitrogen and oxygen atoms in total. The number of aliphatic hydroxyl groups excluding tert-OH is 1. The minimum Gasteiger partial charge on any atom is -0.756 e. The van der Waals surface area contributed by atoms with E-state index >= 15 is 0 Å². The fraction of sp³-hybridized carbons (Fsp3) is 0.851. The number of phosphoric acid groups is 1. The molecule has 0 saturated heterocycles. The van der Waals surface area contributed by atoms with Gasteiger partial charge in [-0.1, -0.05) is 192 Å². The Bertz CT molecular complexity index is 1010. The lowest BCUT2D eigenvalue weighted by molar-refractivity contribution is -0.870. The predicted octanol–water partition coefficient (Wildman–Crippen LogP) is 12.5. The molecule has 0 fully saturated rings. The summed E-state index contributed by atoms with van der Waals surface area (Å²) in [5.74, 6) is -0.237. The van der Waals surface area contributed by atoms with Gasteiger partial charge in [0.05, 0.1) is 39.9 Å². The molecule has 0 spiro atoms. The van der Waals surface area contributed by atoms with E-state index in [0.717, 1.165) is 44.9 Å². The lowest BCUT2D eigenvalue weighted by Gasteiger charge is -2.29. The zero-order valence-corrected chi connectivity index (χ0v) is 38.2. The van der Waals surface area contributed by atoms with Gasteiger partial charge in [0.15, 0.2) is 0 Å². The van der Waals surface area contributed by atoms with Gasteiger partial charge in [-0.3, -0.25) is 9.36 Å². The van der Waals surface area contributed by atoms with Crippen LogP contribution in [0.4, 0.5) is 0 Å². The van der Waals surface area contributed by atoms with Crippen LogP contribution in [-0.2, 0) is 18.4 Å². The first kappa shape index (κ1) is 54.7. The maximum absolute atomic E-state index is 12.5. The standard InChI is InChI=1S/C47H91N2O6P/c1-6-8-10-11-12-13-14-15-16-17-18-19-20-21-22-23-24-25-26-27-28-29-30-31-32-33-34-35-36-37-39-40-46(50)45(48-47(51)41-38-9-7-2)44-55-56(52,53)54-43-42-49(3,4)5/h30-31,34-35,39-40,45-46,50H,6-29,32-33,36-38,41-44H2,1-5H3,(H-,48,51,52,53)/b31-30+,35-34+,40-39+. The maximum atomic E-state index is 12.5. The number of hydrogen-bond acceptors (Lipinski definition) is 6. The minimum atomic E-state index is -4.58. The average molecular weight is 811 g/mol. The monoisotopic (exact) mass is 811 g/mol. The van der Waals surface area contributed by atoms with Gasteiger partial charge in [-0.15, -0.1) is 0 Å². The molecule has 0 bridgehead atoms. The van der Waals surface area contributed by atoms with Gasteiger partial charge in [-0.25, -0.2) is 0 Å². The third-order valence-electron chi connectivity index (χ3n) is 10.3. The number of aliphatic hydroxyl groups is 1. The Morgan fingerprint density at radius 2 is 1.00 bits per heavy atom. The first-order chi connectivity index (χ1) is 27.0. The van der Waals surface area contributed by atoms with Crippen LogP contribution in [-0.4, -0.2) is 68.5 Å². The van der Waals surface area contributed by atoms with Crippen LogP contribution < -0.4 is 10.2 Å². The Balaban J connectivity index is 3.93. The molecule has 0 aliphatic carbocycles. The molecule has 0 aliphatic rings. The van der Waals surface area contributed by atoms with Crippen molar-refractivity contribution in [2.24, 2.45) is 0 Å². The third-order valence-corrected chi connectivity index (χ3v) is 11.3. The van der Waals surface area contributed by atoms with E-state index in [0.29, 0.717) is 17.4 Å². The molecular weight excluding hydrogens is 719 g/mol. The second-order valence-corrected chi connectivity index (χ2v) is 18.5. The summed E-state index contributed by atoms with van der Waals surface area (Å²) in [4.78, 5) is 24.8. The quantitative estimate of drug-likeness (QED) is 0.0275. The number of carbonyl (C=O) groups excluding carboxylic acids is 1.